The molecule has 0 spiro atoms. The van der Waals surface area contributed by atoms with Crippen LogP contribution in [0.3, 0.4) is 0 Å². The summed E-state index contributed by atoms with van der Waals surface area (Å²) in [5, 5.41) is 1.05. The fourth-order valence-electron chi connectivity index (χ4n) is 1.82. The van der Waals surface area contributed by atoms with Crippen LogP contribution >= 0.6 is 33.9 Å². The Bertz CT molecular complexity index is 734. The second-order valence-corrected chi connectivity index (χ2v) is 6.42. The number of anilines is 1. The van der Waals surface area contributed by atoms with Gasteiger partial charge >= 0.3 is 0 Å². The van der Waals surface area contributed by atoms with Crippen molar-refractivity contribution >= 4 is 49.8 Å². The molecule has 90 valence electrons. The van der Waals surface area contributed by atoms with E-state index in [2.05, 4.69) is 58.8 Å². The average Bonchev–Trinajstić information content (AvgIpc) is 2.75. The zero-order chi connectivity index (χ0) is 12.7. The van der Waals surface area contributed by atoms with Crippen molar-refractivity contribution in [3.8, 4) is 10.6 Å². The summed E-state index contributed by atoms with van der Waals surface area (Å²) in [6.07, 6.45) is 0. The van der Waals surface area contributed by atoms with Crippen LogP contribution in [0.2, 0.25) is 0 Å². The maximum Gasteiger partial charge on any atom is 0.124 e. The van der Waals surface area contributed by atoms with Crippen LogP contribution in [-0.2, 0) is 0 Å². The Kier molecular flexibility index (Phi) is 2.99. The standard InChI is InChI=1S/C14H11IN2S/c1-8-2-5-12-13(6-8)18-14(17-12)9-3-4-11(16)10(15)7-9/h2-7H,16H2,1H3/i15-2. The van der Waals surface area contributed by atoms with Gasteiger partial charge in [-0.3, -0.25) is 0 Å². The van der Waals surface area contributed by atoms with Gasteiger partial charge in [0.15, 0.2) is 0 Å². The Balaban J connectivity index is 2.16. The number of nitrogen functional groups attached to an aromatic ring is 1. The molecule has 2 N–H and O–H groups in total. The molecule has 4 heteroatoms. The Morgan fingerprint density at radius 3 is 2.78 bits per heavy atom. The van der Waals surface area contributed by atoms with Crippen LogP contribution in [0, 0.1) is 10.5 Å². The van der Waals surface area contributed by atoms with Crippen LogP contribution in [0.5, 0.6) is 0 Å². The minimum Gasteiger partial charge on any atom is -0.398 e. The van der Waals surface area contributed by atoms with E-state index in [1.807, 2.05) is 12.1 Å². The molecule has 0 radical (unpaired) electrons. The fourth-order valence-corrected chi connectivity index (χ4v) is 3.39. The van der Waals surface area contributed by atoms with Gasteiger partial charge in [-0.15, -0.1) is 11.3 Å². The number of nitrogens with zero attached hydrogens (tertiary/aromatic N) is 1. The van der Waals surface area contributed by atoms with Crippen LogP contribution in [0.1, 0.15) is 5.56 Å². The largest absolute Gasteiger partial charge is 0.398 e. The summed E-state index contributed by atoms with van der Waals surface area (Å²) in [5.74, 6) is 0. The Morgan fingerprint density at radius 1 is 1.17 bits per heavy atom. The molecule has 3 rings (SSSR count). The van der Waals surface area contributed by atoms with E-state index in [0.717, 1.165) is 25.3 Å². The predicted molar refractivity (Wildman–Crippen MR) is 86.9 cm³/mol. The van der Waals surface area contributed by atoms with Gasteiger partial charge in [0.25, 0.3) is 0 Å². The van der Waals surface area contributed by atoms with Gasteiger partial charge in [0.2, 0.25) is 0 Å². The first kappa shape index (κ1) is 11.9. The molecule has 18 heavy (non-hydrogen) atoms. The topological polar surface area (TPSA) is 38.9 Å². The van der Waals surface area contributed by atoms with Crippen LogP contribution < -0.4 is 5.73 Å². The van der Waals surface area contributed by atoms with Crippen molar-refractivity contribution < 1.29 is 0 Å². The summed E-state index contributed by atoms with van der Waals surface area (Å²) in [4.78, 5) is 4.67. The molecule has 0 fully saturated rings. The Labute approximate surface area is 123 Å². The number of halogens is 1. The van der Waals surface area contributed by atoms with Gasteiger partial charge in [-0.1, -0.05) is 6.07 Å². The summed E-state index contributed by atoms with van der Waals surface area (Å²) in [6.45, 7) is 2.10. The summed E-state index contributed by atoms with van der Waals surface area (Å²) >= 11 is 3.98. The highest BCUT2D eigenvalue weighted by atomic mass is 125. The zero-order valence-electron chi connectivity index (χ0n) is 9.77. The van der Waals surface area contributed by atoms with E-state index in [1.165, 1.54) is 10.3 Å². The van der Waals surface area contributed by atoms with E-state index < -0.39 is 0 Å². The summed E-state index contributed by atoms with van der Waals surface area (Å²) in [6, 6.07) is 12.4. The van der Waals surface area contributed by atoms with Crippen molar-refractivity contribution in [3.63, 3.8) is 0 Å². The van der Waals surface area contributed by atoms with Gasteiger partial charge in [-0.25, -0.2) is 4.98 Å². The molecule has 0 bridgehead atoms. The smallest absolute Gasteiger partial charge is 0.124 e. The van der Waals surface area contributed by atoms with Crippen LogP contribution in [0.25, 0.3) is 20.8 Å². The number of nitrogens with two attached hydrogens (primary N) is 1. The van der Waals surface area contributed by atoms with E-state index in [1.54, 1.807) is 11.3 Å². The fraction of sp³-hybridized carbons (Fsp3) is 0.0714. The third kappa shape index (κ3) is 2.10. The molecule has 1 aromatic heterocycles. The van der Waals surface area contributed by atoms with E-state index in [4.69, 9.17) is 5.73 Å². The summed E-state index contributed by atoms with van der Waals surface area (Å²) in [5.41, 5.74) is 10.1. The number of hydrogen-bond donors (Lipinski definition) is 1. The van der Waals surface area contributed by atoms with Crippen LogP contribution in [0.15, 0.2) is 36.4 Å². The third-order valence-electron chi connectivity index (χ3n) is 2.79. The molecular weight excluding hydrogens is 353 g/mol. The zero-order valence-corrected chi connectivity index (χ0v) is 12.7. The van der Waals surface area contributed by atoms with Crippen molar-refractivity contribution in [2.45, 2.75) is 6.92 Å². The molecule has 0 saturated heterocycles. The quantitative estimate of drug-likeness (QED) is 0.512. The van der Waals surface area contributed by atoms with Crippen LogP contribution in [-0.4, -0.2) is 4.98 Å². The lowest BCUT2D eigenvalue weighted by molar-refractivity contribution is 1.45. The minimum atomic E-state index is 0.816. The number of benzene rings is 2. The normalized spacial score (nSPS) is 11.0. The van der Waals surface area contributed by atoms with Crippen molar-refractivity contribution in [1.29, 1.82) is 0 Å². The summed E-state index contributed by atoms with van der Waals surface area (Å²) < 4.78 is 2.30. The molecule has 3 aromatic rings. The predicted octanol–water partition coefficient (Wildman–Crippen LogP) is 4.46. The first-order valence-electron chi connectivity index (χ1n) is 5.56. The minimum absolute atomic E-state index is 0.816. The molecule has 0 aliphatic rings. The number of hydrogen-bond acceptors (Lipinski definition) is 3. The third-order valence-corrected chi connectivity index (χ3v) is 4.79. The molecular formula is C14H11IN2S. The van der Waals surface area contributed by atoms with Gasteiger partial charge in [0, 0.05) is 14.8 Å². The second-order valence-electron chi connectivity index (χ2n) is 4.23. The lowest BCUT2D eigenvalue weighted by Crippen LogP contribution is -1.88. The highest BCUT2D eigenvalue weighted by Crippen LogP contribution is 2.32. The van der Waals surface area contributed by atoms with Gasteiger partial charge in [-0.05, 0) is 65.4 Å². The number of rotatable bonds is 1. The number of thiazole rings is 1. The monoisotopic (exact) mass is 364 g/mol. The number of aromatic nitrogens is 1. The van der Waals surface area contributed by atoms with E-state index in [9.17, 15) is 0 Å². The van der Waals surface area contributed by atoms with E-state index in [0.29, 0.717) is 0 Å². The molecule has 0 saturated carbocycles. The first-order chi connectivity index (χ1) is 8.63. The number of aryl methyl sites for hydroxylation is 1. The molecule has 0 aliphatic heterocycles. The molecule has 0 aliphatic carbocycles. The molecule has 0 unspecified atom stereocenters. The highest BCUT2D eigenvalue weighted by molar-refractivity contribution is 14.1. The van der Waals surface area contributed by atoms with Gasteiger partial charge in [-0.2, -0.15) is 0 Å². The van der Waals surface area contributed by atoms with Gasteiger partial charge in [0.1, 0.15) is 5.01 Å². The maximum absolute atomic E-state index is 5.84. The van der Waals surface area contributed by atoms with Crippen LogP contribution in [0.4, 0.5) is 5.69 Å². The molecule has 0 atom stereocenters. The SMILES string of the molecule is Cc1ccc2nc(-c3ccc(N)c([125I])c3)sc2c1. The summed E-state index contributed by atoms with van der Waals surface area (Å²) in [7, 11) is 0. The average molecular weight is 364 g/mol. The highest BCUT2D eigenvalue weighted by Gasteiger charge is 2.07. The lowest BCUT2D eigenvalue weighted by Gasteiger charge is -2.00. The van der Waals surface area contributed by atoms with E-state index >= 15 is 0 Å². The van der Waals surface area contributed by atoms with Crippen molar-refractivity contribution in [2.75, 3.05) is 5.73 Å². The van der Waals surface area contributed by atoms with E-state index in [-0.39, 0.29) is 0 Å². The first-order valence-corrected chi connectivity index (χ1v) is 7.45. The Morgan fingerprint density at radius 2 is 2.00 bits per heavy atom. The molecule has 2 aromatic carbocycles. The van der Waals surface area contributed by atoms with Crippen molar-refractivity contribution in [1.82, 2.24) is 4.98 Å². The molecule has 0 amide bonds. The lowest BCUT2D eigenvalue weighted by atomic mass is 10.2. The van der Waals surface area contributed by atoms with Crippen molar-refractivity contribution in [2.24, 2.45) is 0 Å². The number of fused-ring (bicyclic) bond motifs is 1. The Hall–Kier alpha value is -1.14. The molecule has 1 heterocycles. The van der Waals surface area contributed by atoms with Crippen molar-refractivity contribution in [3.05, 3.63) is 45.5 Å². The maximum atomic E-state index is 5.84. The second kappa shape index (κ2) is 4.51. The van der Waals surface area contributed by atoms with Gasteiger partial charge in [0.05, 0.1) is 10.2 Å². The molecule has 2 nitrogen and oxygen atoms in total. The van der Waals surface area contributed by atoms with Gasteiger partial charge < -0.3 is 5.73 Å².